The van der Waals surface area contributed by atoms with Crippen molar-refractivity contribution in [3.05, 3.63) is 13.3 Å². The van der Waals surface area contributed by atoms with Gasteiger partial charge in [-0.05, 0) is 50.4 Å². The molecule has 0 spiro atoms. The third-order valence-corrected chi connectivity index (χ3v) is 3.35. The van der Waals surface area contributed by atoms with Crippen LogP contribution in [0, 0.1) is 25.2 Å². The van der Waals surface area contributed by atoms with Crippen LogP contribution in [0.1, 0.15) is 51.9 Å². The molecule has 15 heavy (non-hydrogen) atoms. The third-order valence-electron chi connectivity index (χ3n) is 3.35. The fourth-order valence-electron chi connectivity index (χ4n) is 2.27. The molecule has 1 saturated carbocycles. The van der Waals surface area contributed by atoms with Gasteiger partial charge in [-0.2, -0.15) is 0 Å². The summed E-state index contributed by atoms with van der Waals surface area (Å²) in [7, 11) is 0. The molecule has 1 aliphatic carbocycles. The van der Waals surface area contributed by atoms with Crippen LogP contribution in [0.5, 0.6) is 0 Å². The first-order chi connectivity index (χ1) is 7.36. The first-order valence-electron chi connectivity index (χ1n) is 6.57. The van der Waals surface area contributed by atoms with E-state index in [9.17, 15) is 0 Å². The van der Waals surface area contributed by atoms with Gasteiger partial charge in [0.1, 0.15) is 0 Å². The van der Waals surface area contributed by atoms with Gasteiger partial charge in [-0.3, -0.25) is 0 Å². The zero-order valence-electron chi connectivity index (χ0n) is 10.2. The van der Waals surface area contributed by atoms with Crippen molar-refractivity contribution in [2.75, 3.05) is 13.2 Å². The van der Waals surface area contributed by atoms with Crippen molar-refractivity contribution in [2.45, 2.75) is 51.9 Å². The Balaban J connectivity index is 1.88. The van der Waals surface area contributed by atoms with Crippen LogP contribution in [0.3, 0.4) is 0 Å². The van der Waals surface area contributed by atoms with Gasteiger partial charge in [0.15, 0.2) is 0 Å². The van der Waals surface area contributed by atoms with E-state index in [4.69, 9.17) is 4.74 Å². The van der Waals surface area contributed by atoms with Gasteiger partial charge >= 0.3 is 0 Å². The quantitative estimate of drug-likeness (QED) is 0.549. The van der Waals surface area contributed by atoms with Gasteiger partial charge in [-0.25, -0.2) is 0 Å². The Morgan fingerprint density at radius 1 is 1.33 bits per heavy atom. The second kappa shape index (κ2) is 8.15. The molecule has 0 heterocycles. The average molecular weight is 210 g/mol. The van der Waals surface area contributed by atoms with Gasteiger partial charge in [0.2, 0.25) is 0 Å². The summed E-state index contributed by atoms with van der Waals surface area (Å²) in [6, 6.07) is 0. The molecule has 1 aliphatic rings. The molecule has 88 valence electrons. The van der Waals surface area contributed by atoms with Crippen molar-refractivity contribution in [1.82, 2.24) is 0 Å². The summed E-state index contributed by atoms with van der Waals surface area (Å²) >= 11 is 0. The molecular formula is C14H26O. The highest BCUT2D eigenvalue weighted by atomic mass is 16.5. The minimum absolute atomic E-state index is 0.853. The number of ether oxygens (including phenoxy) is 1. The molecule has 0 bridgehead atoms. The lowest BCUT2D eigenvalue weighted by molar-refractivity contribution is 0.125. The monoisotopic (exact) mass is 210 g/mol. The van der Waals surface area contributed by atoms with Crippen molar-refractivity contribution in [1.29, 1.82) is 0 Å². The maximum atomic E-state index is 5.56. The molecule has 1 nitrogen and oxygen atoms in total. The average Bonchev–Trinajstić information content (AvgIpc) is 2.71. The van der Waals surface area contributed by atoms with E-state index in [0.717, 1.165) is 31.5 Å². The molecule has 0 N–H and O–H groups in total. The fourth-order valence-corrected chi connectivity index (χ4v) is 2.27. The Morgan fingerprint density at radius 3 is 2.80 bits per heavy atom. The standard InChI is InChI=1S/C14H26O/c1-3-5-10-15-11-6-7-14-9-8-13(4-2)12-14/h9,13-14H,2-8,10-12H2,1H3. The van der Waals surface area contributed by atoms with Crippen LogP contribution in [0.25, 0.3) is 0 Å². The molecule has 0 saturated heterocycles. The molecule has 0 aromatic carbocycles. The van der Waals surface area contributed by atoms with Gasteiger partial charge < -0.3 is 4.74 Å². The SMILES string of the molecule is [CH2]CC1C[CH]C(CCCOCCCC)C1. The van der Waals surface area contributed by atoms with E-state index >= 15 is 0 Å². The lowest BCUT2D eigenvalue weighted by atomic mass is 9.99. The van der Waals surface area contributed by atoms with Crippen LogP contribution in [-0.2, 0) is 4.74 Å². The summed E-state index contributed by atoms with van der Waals surface area (Å²) in [5.41, 5.74) is 0. The van der Waals surface area contributed by atoms with Crippen LogP contribution in [-0.4, -0.2) is 13.2 Å². The van der Waals surface area contributed by atoms with Gasteiger partial charge in [-0.15, -0.1) is 0 Å². The Bertz CT molecular complexity index is 144. The molecule has 0 amide bonds. The van der Waals surface area contributed by atoms with Crippen molar-refractivity contribution >= 4 is 0 Å². The fraction of sp³-hybridized carbons (Fsp3) is 0.857. The second-order valence-electron chi connectivity index (χ2n) is 4.73. The topological polar surface area (TPSA) is 9.23 Å². The Hall–Kier alpha value is -0.0400. The largest absolute Gasteiger partial charge is 0.381 e. The van der Waals surface area contributed by atoms with Crippen molar-refractivity contribution in [3.63, 3.8) is 0 Å². The van der Waals surface area contributed by atoms with Crippen molar-refractivity contribution in [2.24, 2.45) is 11.8 Å². The lowest BCUT2D eigenvalue weighted by Gasteiger charge is -2.09. The summed E-state index contributed by atoms with van der Waals surface area (Å²) in [4.78, 5) is 0. The van der Waals surface area contributed by atoms with E-state index in [1.165, 1.54) is 38.5 Å². The maximum absolute atomic E-state index is 5.56. The highest BCUT2D eigenvalue weighted by Crippen LogP contribution is 2.34. The molecule has 0 aromatic rings. The molecule has 1 fully saturated rings. The minimum Gasteiger partial charge on any atom is -0.381 e. The second-order valence-corrected chi connectivity index (χ2v) is 4.73. The van der Waals surface area contributed by atoms with Crippen molar-refractivity contribution < 1.29 is 4.74 Å². The maximum Gasteiger partial charge on any atom is 0.0466 e. The summed E-state index contributed by atoms with van der Waals surface area (Å²) < 4.78 is 5.56. The van der Waals surface area contributed by atoms with Crippen LogP contribution in [0.15, 0.2) is 0 Å². The van der Waals surface area contributed by atoms with Crippen molar-refractivity contribution in [3.8, 4) is 0 Å². The zero-order chi connectivity index (χ0) is 10.9. The number of rotatable bonds is 8. The van der Waals surface area contributed by atoms with Gasteiger partial charge in [0, 0.05) is 13.2 Å². The highest BCUT2D eigenvalue weighted by molar-refractivity contribution is 4.89. The number of hydrogen-bond acceptors (Lipinski definition) is 1. The van der Waals surface area contributed by atoms with Gasteiger partial charge in [-0.1, -0.05) is 26.7 Å². The summed E-state index contributed by atoms with van der Waals surface area (Å²) in [5, 5.41) is 0. The number of hydrogen-bond donors (Lipinski definition) is 0. The Kier molecular flexibility index (Phi) is 7.08. The predicted molar refractivity (Wildman–Crippen MR) is 65.4 cm³/mol. The lowest BCUT2D eigenvalue weighted by Crippen LogP contribution is -2.01. The van der Waals surface area contributed by atoms with E-state index in [2.05, 4.69) is 20.3 Å². The molecule has 1 heteroatoms. The van der Waals surface area contributed by atoms with E-state index in [1.54, 1.807) is 0 Å². The van der Waals surface area contributed by atoms with Crippen LogP contribution in [0.4, 0.5) is 0 Å². The van der Waals surface area contributed by atoms with Crippen LogP contribution >= 0.6 is 0 Å². The van der Waals surface area contributed by atoms with Crippen LogP contribution in [0.2, 0.25) is 0 Å². The first kappa shape index (κ1) is 13.0. The van der Waals surface area contributed by atoms with E-state index < -0.39 is 0 Å². The van der Waals surface area contributed by atoms with Gasteiger partial charge in [0.05, 0.1) is 0 Å². The highest BCUT2D eigenvalue weighted by Gasteiger charge is 2.22. The van der Waals surface area contributed by atoms with Gasteiger partial charge in [0.25, 0.3) is 0 Å². The Morgan fingerprint density at radius 2 is 2.13 bits per heavy atom. The smallest absolute Gasteiger partial charge is 0.0466 e. The summed E-state index contributed by atoms with van der Waals surface area (Å²) in [6.07, 6.45) is 11.3. The summed E-state index contributed by atoms with van der Waals surface area (Å²) in [6.45, 7) is 8.10. The molecule has 1 rings (SSSR count). The van der Waals surface area contributed by atoms with E-state index in [1.807, 2.05) is 0 Å². The zero-order valence-corrected chi connectivity index (χ0v) is 10.2. The molecule has 2 unspecified atom stereocenters. The van der Waals surface area contributed by atoms with E-state index in [-0.39, 0.29) is 0 Å². The van der Waals surface area contributed by atoms with E-state index in [0.29, 0.717) is 0 Å². The third kappa shape index (κ3) is 5.55. The molecule has 2 atom stereocenters. The normalized spacial score (nSPS) is 26.0. The molecule has 2 radical (unpaired) electrons. The predicted octanol–water partition coefficient (Wildman–Crippen LogP) is 4.04. The molecule has 0 aromatic heterocycles. The Labute approximate surface area is 95.6 Å². The number of unbranched alkanes of at least 4 members (excludes halogenated alkanes) is 1. The molecule has 0 aliphatic heterocycles. The van der Waals surface area contributed by atoms with Crippen LogP contribution < -0.4 is 0 Å². The summed E-state index contributed by atoms with van der Waals surface area (Å²) in [5.74, 6) is 1.72. The minimum atomic E-state index is 0.853. The first-order valence-corrected chi connectivity index (χ1v) is 6.57. The molecular weight excluding hydrogens is 184 g/mol.